The van der Waals surface area contributed by atoms with Crippen LogP contribution in [0.25, 0.3) is 0 Å². The lowest BCUT2D eigenvalue weighted by atomic mass is 10.1. The molecule has 0 unspecified atom stereocenters. The number of nitrogens with one attached hydrogen (secondary N) is 1. The highest BCUT2D eigenvalue weighted by Crippen LogP contribution is 2.25. The van der Waals surface area contributed by atoms with E-state index in [-0.39, 0.29) is 11.8 Å². The molecule has 1 saturated heterocycles. The fourth-order valence-electron chi connectivity index (χ4n) is 3.78. The average molecular weight is 446 g/mol. The highest BCUT2D eigenvalue weighted by Gasteiger charge is 2.28. The Kier molecular flexibility index (Phi) is 8.44. The number of benzene rings is 1. The first-order valence-electron chi connectivity index (χ1n) is 10.9. The summed E-state index contributed by atoms with van der Waals surface area (Å²) in [5.41, 5.74) is 0.00981. The third kappa shape index (κ3) is 7.14. The van der Waals surface area contributed by atoms with E-state index in [1.54, 1.807) is 0 Å². The molecule has 1 aliphatic heterocycles. The van der Waals surface area contributed by atoms with Crippen LogP contribution in [0.4, 0.5) is 14.5 Å². The Bertz CT molecular complexity index is 782. The van der Waals surface area contributed by atoms with Crippen molar-refractivity contribution >= 4 is 15.9 Å². The Morgan fingerprint density at radius 3 is 2.43 bits per heavy atom. The van der Waals surface area contributed by atoms with E-state index < -0.39 is 21.8 Å². The fraction of sp³-hybridized carbons (Fsp3) is 0.714. The van der Waals surface area contributed by atoms with Gasteiger partial charge in [-0.15, -0.1) is 0 Å². The normalized spacial score (nSPS) is 18.8. The molecule has 1 aromatic rings. The Labute approximate surface area is 178 Å². The van der Waals surface area contributed by atoms with Crippen LogP contribution in [0.2, 0.25) is 0 Å². The number of anilines is 1. The first kappa shape index (κ1) is 23.4. The summed E-state index contributed by atoms with van der Waals surface area (Å²) >= 11 is 0. The Morgan fingerprint density at radius 1 is 1.07 bits per heavy atom. The van der Waals surface area contributed by atoms with Gasteiger partial charge in [0.05, 0.1) is 11.8 Å². The van der Waals surface area contributed by atoms with Gasteiger partial charge in [-0.3, -0.25) is 4.72 Å². The number of hydrogen-bond donors (Lipinski definition) is 1. The van der Waals surface area contributed by atoms with Gasteiger partial charge < -0.3 is 9.64 Å². The number of hydrogen-bond acceptors (Lipinski definition) is 4. The summed E-state index contributed by atoms with van der Waals surface area (Å²) in [5.74, 6) is -2.10. The Morgan fingerprint density at radius 2 is 1.77 bits per heavy atom. The monoisotopic (exact) mass is 445 g/mol. The van der Waals surface area contributed by atoms with Crippen molar-refractivity contribution in [1.29, 1.82) is 0 Å². The summed E-state index contributed by atoms with van der Waals surface area (Å²) in [4.78, 5) is 2.46. The molecular formula is C21H33F2N3O3S. The van der Waals surface area contributed by atoms with Gasteiger partial charge in [-0.25, -0.2) is 8.78 Å². The smallest absolute Gasteiger partial charge is 0.301 e. The van der Waals surface area contributed by atoms with Gasteiger partial charge in [-0.1, -0.05) is 12.8 Å². The molecule has 0 amide bonds. The number of halogens is 2. The SMILES string of the molecule is CN(CCCCCCOC1CCN(S(=O)(=O)Nc2ccc(F)c(F)c2)CC1)C1CC1. The van der Waals surface area contributed by atoms with Crippen molar-refractivity contribution in [3.05, 3.63) is 29.8 Å². The molecule has 2 aliphatic rings. The maximum atomic E-state index is 13.3. The molecule has 2 fully saturated rings. The predicted octanol–water partition coefficient (Wildman–Crippen LogP) is 3.76. The van der Waals surface area contributed by atoms with E-state index in [1.165, 1.54) is 42.6 Å². The molecule has 30 heavy (non-hydrogen) atoms. The van der Waals surface area contributed by atoms with Crippen molar-refractivity contribution in [3.63, 3.8) is 0 Å². The summed E-state index contributed by atoms with van der Waals surface area (Å²) in [5, 5.41) is 0. The number of ether oxygens (including phenoxy) is 1. The number of piperidine rings is 1. The molecule has 1 heterocycles. The molecule has 3 rings (SSSR count). The summed E-state index contributed by atoms with van der Waals surface area (Å²) < 4.78 is 60.8. The van der Waals surface area contributed by atoms with E-state index in [1.807, 2.05) is 0 Å². The fourth-order valence-corrected chi connectivity index (χ4v) is 5.02. The number of unbranched alkanes of at least 4 members (excludes halogenated alkanes) is 3. The first-order valence-corrected chi connectivity index (χ1v) is 12.3. The van der Waals surface area contributed by atoms with Crippen LogP contribution >= 0.6 is 0 Å². The lowest BCUT2D eigenvalue weighted by Gasteiger charge is -2.31. The van der Waals surface area contributed by atoms with Crippen LogP contribution in [0.1, 0.15) is 51.4 Å². The van der Waals surface area contributed by atoms with Gasteiger partial charge in [0.1, 0.15) is 0 Å². The zero-order valence-corrected chi connectivity index (χ0v) is 18.5. The van der Waals surface area contributed by atoms with Gasteiger partial charge >= 0.3 is 10.2 Å². The standard InChI is InChI=1S/C21H33F2N3O3S/c1-25(18-7-8-18)12-4-2-3-5-15-29-19-10-13-26(14-11-19)30(27,28)24-17-6-9-20(22)21(23)16-17/h6,9,16,18-19,24H,2-5,7-8,10-15H2,1H3. The van der Waals surface area contributed by atoms with Crippen molar-refractivity contribution in [3.8, 4) is 0 Å². The van der Waals surface area contributed by atoms with E-state index in [2.05, 4.69) is 16.7 Å². The molecule has 0 aromatic heterocycles. The summed E-state index contributed by atoms with van der Waals surface area (Å²) in [6.45, 7) is 2.58. The zero-order valence-electron chi connectivity index (χ0n) is 17.7. The molecule has 1 aliphatic carbocycles. The second-order valence-corrected chi connectivity index (χ2v) is 10.0. The van der Waals surface area contributed by atoms with Gasteiger partial charge in [0.15, 0.2) is 11.6 Å². The molecule has 0 atom stereocenters. The Balaban J connectivity index is 1.28. The maximum Gasteiger partial charge on any atom is 0.301 e. The van der Waals surface area contributed by atoms with Crippen LogP contribution in [0, 0.1) is 11.6 Å². The topological polar surface area (TPSA) is 61.9 Å². The van der Waals surface area contributed by atoms with Crippen LogP contribution in [0.5, 0.6) is 0 Å². The van der Waals surface area contributed by atoms with Crippen LogP contribution < -0.4 is 4.72 Å². The van der Waals surface area contributed by atoms with Gasteiger partial charge in [0.2, 0.25) is 0 Å². The molecule has 1 N–H and O–H groups in total. The van der Waals surface area contributed by atoms with E-state index in [0.29, 0.717) is 32.5 Å². The van der Waals surface area contributed by atoms with Crippen molar-refractivity contribution in [2.75, 3.05) is 38.0 Å². The van der Waals surface area contributed by atoms with Crippen LogP contribution in [0.3, 0.4) is 0 Å². The minimum Gasteiger partial charge on any atom is -0.378 e. The highest BCUT2D eigenvalue weighted by atomic mass is 32.2. The van der Waals surface area contributed by atoms with E-state index in [9.17, 15) is 17.2 Å². The van der Waals surface area contributed by atoms with Crippen molar-refractivity contribution in [2.24, 2.45) is 0 Å². The van der Waals surface area contributed by atoms with Crippen molar-refractivity contribution < 1.29 is 21.9 Å². The molecule has 9 heteroatoms. The van der Waals surface area contributed by atoms with Crippen LogP contribution in [-0.2, 0) is 14.9 Å². The van der Waals surface area contributed by atoms with Crippen molar-refractivity contribution in [1.82, 2.24) is 9.21 Å². The lowest BCUT2D eigenvalue weighted by molar-refractivity contribution is 0.0193. The van der Waals surface area contributed by atoms with E-state index >= 15 is 0 Å². The third-order valence-electron chi connectivity index (χ3n) is 5.84. The number of nitrogens with zero attached hydrogens (tertiary/aromatic N) is 2. The second kappa shape index (κ2) is 10.8. The van der Waals surface area contributed by atoms with Crippen molar-refractivity contribution in [2.45, 2.75) is 63.5 Å². The van der Waals surface area contributed by atoms with Gasteiger partial charge in [0, 0.05) is 31.8 Å². The number of rotatable bonds is 12. The van der Waals surface area contributed by atoms with Gasteiger partial charge in [0.25, 0.3) is 0 Å². The molecule has 6 nitrogen and oxygen atoms in total. The Hall–Kier alpha value is -1.29. The summed E-state index contributed by atoms with van der Waals surface area (Å²) in [6, 6.07) is 3.77. The highest BCUT2D eigenvalue weighted by molar-refractivity contribution is 7.90. The average Bonchev–Trinajstić information content (AvgIpc) is 3.55. The molecule has 0 radical (unpaired) electrons. The molecule has 1 aromatic carbocycles. The third-order valence-corrected chi connectivity index (χ3v) is 7.37. The molecular weight excluding hydrogens is 412 g/mol. The van der Waals surface area contributed by atoms with Gasteiger partial charge in [-0.2, -0.15) is 12.7 Å². The largest absolute Gasteiger partial charge is 0.378 e. The minimum atomic E-state index is -3.80. The quantitative estimate of drug-likeness (QED) is 0.498. The van der Waals surface area contributed by atoms with E-state index in [4.69, 9.17) is 4.74 Å². The molecule has 1 saturated carbocycles. The molecule has 0 spiro atoms. The maximum absolute atomic E-state index is 13.3. The van der Waals surface area contributed by atoms with Crippen LogP contribution in [0.15, 0.2) is 18.2 Å². The molecule has 170 valence electrons. The minimum absolute atomic E-state index is 0.00981. The predicted molar refractivity (Wildman–Crippen MR) is 114 cm³/mol. The zero-order chi connectivity index (χ0) is 21.6. The molecule has 0 bridgehead atoms. The van der Waals surface area contributed by atoms with Gasteiger partial charge in [-0.05, 0) is 64.3 Å². The lowest BCUT2D eigenvalue weighted by Crippen LogP contribution is -2.43. The summed E-state index contributed by atoms with van der Waals surface area (Å²) in [7, 11) is -1.59. The van der Waals surface area contributed by atoms with E-state index in [0.717, 1.165) is 31.0 Å². The van der Waals surface area contributed by atoms with Crippen LogP contribution in [-0.4, -0.2) is 63.1 Å². The first-order chi connectivity index (χ1) is 14.3. The second-order valence-electron chi connectivity index (χ2n) is 8.33. The summed E-state index contributed by atoms with van der Waals surface area (Å²) in [6.07, 6.45) is 8.67.